The van der Waals surface area contributed by atoms with E-state index >= 15 is 0 Å². The number of alkyl halides is 7. The molecule has 534 valence electrons. The molecule has 0 spiro atoms. The van der Waals surface area contributed by atoms with Crippen molar-refractivity contribution in [3.05, 3.63) is 0 Å². The molecule has 7 aliphatic heterocycles. The van der Waals surface area contributed by atoms with Crippen LogP contribution in [0.25, 0.3) is 0 Å². The maximum atomic E-state index is 13.3. The third kappa shape index (κ3) is 23.8. The fraction of sp³-hybridized carbons (Fsp3) is 1.00. The number of aliphatic hydroxyl groups excluding tert-OH is 7. The van der Waals surface area contributed by atoms with Crippen LogP contribution in [0.15, 0.2) is 0 Å². The first-order chi connectivity index (χ1) is 41.8. The molecule has 0 radical (unpaired) electrons. The minimum absolute atomic E-state index is 0.00259. The quantitative estimate of drug-likeness (QED) is 0.0718. The van der Waals surface area contributed by atoms with Crippen molar-refractivity contribution >= 4 is 0 Å². The summed E-state index contributed by atoms with van der Waals surface area (Å²) in [6.45, 7) is 0.423. The summed E-state index contributed by atoms with van der Waals surface area (Å²) >= 11 is 0. The van der Waals surface area contributed by atoms with Crippen molar-refractivity contribution < 1.29 is 133 Å². The lowest BCUT2D eigenvalue weighted by molar-refractivity contribution is -0.301. The summed E-state index contributed by atoms with van der Waals surface area (Å²) in [5.41, 5.74) is 63.9. The van der Waals surface area contributed by atoms with Gasteiger partial charge in [-0.25, -0.2) is 30.7 Å². The number of halogens is 7. The number of ether oxygens (including phenoxy) is 14. The zero-order valence-corrected chi connectivity index (χ0v) is 50.9. The molecule has 89 heavy (non-hydrogen) atoms. The summed E-state index contributed by atoms with van der Waals surface area (Å²) in [4.78, 5) is 0. The van der Waals surface area contributed by atoms with Gasteiger partial charge in [0.05, 0.1) is 36.4 Å². The zero-order valence-electron chi connectivity index (χ0n) is 50.9. The molecule has 0 saturated carbocycles. The predicted octanol–water partition coefficient (Wildman–Crippen LogP) is -8.78. The van der Waals surface area contributed by atoms with Crippen molar-refractivity contribution in [2.75, 3.05) is 95.6 Å². The molecular weight excluding hydrogens is 1230 g/mol. The Hall–Kier alpha value is -1.81. The lowest BCUT2D eigenvalue weighted by atomic mass is 9.96. The van der Waals surface area contributed by atoms with Crippen LogP contribution in [0.3, 0.4) is 0 Å². The smallest absolute Gasteiger partial charge is 0.302 e. The Bertz CT molecular complexity index is 1670. The first-order valence-electron chi connectivity index (χ1n) is 28.2. The monoisotopic (exact) mass is 1330 g/mol. The summed E-state index contributed by atoms with van der Waals surface area (Å²) in [7, 11) is 9.61. The van der Waals surface area contributed by atoms with Crippen LogP contribution in [-0.4, -0.2) is 321 Å². The van der Waals surface area contributed by atoms with E-state index in [0.717, 1.165) is 19.3 Å². The normalized spacial score (nSPS) is 43.3. The lowest BCUT2D eigenvalue weighted by Gasteiger charge is -2.42. The molecule has 0 aromatic carbocycles. The highest BCUT2D eigenvalue weighted by Crippen LogP contribution is 2.35. The average molecular weight is 1330 g/mol. The summed E-state index contributed by atoms with van der Waals surface area (Å²) in [6.07, 6.45) is -22.2. The summed E-state index contributed by atoms with van der Waals surface area (Å²) in [6, 6.07) is -4.81. The van der Waals surface area contributed by atoms with Crippen LogP contribution in [0.4, 0.5) is 30.7 Å². The fourth-order valence-electron chi connectivity index (χ4n) is 9.16. The molecule has 7 saturated heterocycles. The highest BCUT2D eigenvalue weighted by Gasteiger charge is 2.58. The molecule has 7 heterocycles. The van der Waals surface area contributed by atoms with Crippen LogP contribution in [0.2, 0.25) is 0 Å². The van der Waals surface area contributed by atoms with E-state index in [-0.39, 0.29) is 50.7 Å². The second kappa shape index (κ2) is 41.9. The van der Waals surface area contributed by atoms with Gasteiger partial charge < -0.3 is 171 Å². The molecule has 40 heteroatoms. The first kappa shape index (κ1) is 85.2. The van der Waals surface area contributed by atoms with Gasteiger partial charge in [0.15, 0.2) is 56.4 Å². The standard InChI is InChI=1S/2C7H14F2N2O3.2C7H15FN2O3.C7H14FNO4.C7H16N2O2.C7H15NO3/c1-13-6-4(11)5(12)7(8,9)3(2-10)14-6;1-13-6-4(11)7(8,9)5(12)3(2-10)14-6;1-12-7-5(10)4(8)6(11)3(2-9)13-7;1-12-7-5(10)6(11)4(8)3(2-9)13-7;1-12-7-6(11)4(8)5(10)3(2-9)13-7;2*1-10-7-6(9)3-2-5(4-8)11-7/h2*3-6,12H,2,10-11H2,1H3;2*3-7,11H,2,9-10H2,1H3;3-7,10-11H,2,9H2,1H3;5-7H,2-4,8-9H2,1H3;5-7,9H,2-4,8H2,1H3/t2*3?,4?,5?,6-;3*3?,4?,5?,6?,7-;2*5?,6?,7-/m0000000/s1. The van der Waals surface area contributed by atoms with Crippen LogP contribution in [0, 0.1) is 0 Å². The van der Waals surface area contributed by atoms with Crippen molar-refractivity contribution in [3.63, 3.8) is 0 Å². The first-order valence-corrected chi connectivity index (χ1v) is 28.2. The number of hydrogen-bond acceptors (Lipinski definition) is 33. The topological polar surface area (TPSA) is 583 Å². The maximum absolute atomic E-state index is 13.3. The van der Waals surface area contributed by atoms with Gasteiger partial charge in [-0.15, -0.1) is 0 Å². The molecule has 7 fully saturated rings. The molecule has 0 bridgehead atoms. The SMILES string of the molecule is CO[C@H]1OC(CN)C(F)(F)C(O)C1N.CO[C@H]1OC(CN)C(F)C(O)C1N.CO[C@H]1OC(CN)C(O)C(F)(F)C1N.CO[C@H]1OC(CN)C(O)C(F)C1N.CO[C@H]1OC(CN)C(O)C(F)C1O.CO[C@H]1OC(CN)CCC1N.CO[C@H]1OC(CN)CCC1O. The van der Waals surface area contributed by atoms with Gasteiger partial charge >= 0.3 is 5.92 Å². The molecule has 0 amide bonds. The van der Waals surface area contributed by atoms with Crippen molar-refractivity contribution in [2.24, 2.45) is 68.8 Å². The van der Waals surface area contributed by atoms with Crippen LogP contribution >= 0.6 is 0 Å². The van der Waals surface area contributed by atoms with Gasteiger partial charge in [-0.05, 0) is 25.7 Å². The van der Waals surface area contributed by atoms with Gasteiger partial charge in [0.25, 0.3) is 5.92 Å². The summed E-state index contributed by atoms with van der Waals surface area (Å²) in [5.74, 6) is -6.90. The van der Waals surface area contributed by atoms with Crippen LogP contribution in [0.1, 0.15) is 25.7 Å². The number of hydrogen-bond donors (Lipinski definition) is 19. The highest BCUT2D eigenvalue weighted by atomic mass is 19.3. The Kier molecular flexibility index (Phi) is 40.1. The Morgan fingerprint density at radius 1 is 0.360 bits per heavy atom. The van der Waals surface area contributed by atoms with Gasteiger partial charge in [0.2, 0.25) is 0 Å². The molecule has 33 nitrogen and oxygen atoms in total. The van der Waals surface area contributed by atoms with E-state index in [0.29, 0.717) is 19.5 Å². The second-order valence-electron chi connectivity index (χ2n) is 20.9. The van der Waals surface area contributed by atoms with Crippen molar-refractivity contribution in [1.82, 2.24) is 0 Å². The highest BCUT2D eigenvalue weighted by molar-refractivity contribution is 5.00. The van der Waals surface area contributed by atoms with Gasteiger partial charge in [-0.1, -0.05) is 0 Å². The molecule has 22 unspecified atom stereocenters. The number of nitrogens with two attached hydrogens (primary N) is 12. The van der Waals surface area contributed by atoms with E-state index < -0.39 is 172 Å². The zero-order chi connectivity index (χ0) is 68.4. The summed E-state index contributed by atoms with van der Waals surface area (Å²) in [5, 5.41) is 64.8. The van der Waals surface area contributed by atoms with Crippen molar-refractivity contribution in [2.45, 2.75) is 216 Å². The third-order valence-electron chi connectivity index (χ3n) is 14.8. The maximum Gasteiger partial charge on any atom is 0.302 e. The largest absolute Gasteiger partial charge is 0.388 e. The molecule has 0 aromatic rings. The fourth-order valence-corrected chi connectivity index (χ4v) is 9.16. The summed E-state index contributed by atoms with van der Waals surface area (Å²) < 4.78 is 162. The van der Waals surface area contributed by atoms with E-state index in [1.807, 2.05) is 0 Å². The average Bonchev–Trinajstić information content (AvgIpc) is 1.59. The molecule has 7 aliphatic rings. The molecule has 31 N–H and O–H groups in total. The van der Waals surface area contributed by atoms with Crippen LogP contribution in [0.5, 0.6) is 0 Å². The van der Waals surface area contributed by atoms with E-state index in [1.54, 1.807) is 7.11 Å². The molecule has 29 atom stereocenters. The van der Waals surface area contributed by atoms with E-state index in [2.05, 4.69) is 9.47 Å². The van der Waals surface area contributed by atoms with E-state index in [1.165, 1.54) is 42.7 Å². The van der Waals surface area contributed by atoms with Crippen molar-refractivity contribution in [1.29, 1.82) is 0 Å². The lowest BCUT2D eigenvalue weighted by Crippen LogP contribution is -2.66. The Balaban J connectivity index is 0.000000520. The number of rotatable bonds is 14. The minimum atomic E-state index is -3.46. The molecular formula is C49H103F7N12O21. The van der Waals surface area contributed by atoms with Crippen LogP contribution in [-0.2, 0) is 66.3 Å². The van der Waals surface area contributed by atoms with Crippen molar-refractivity contribution in [3.8, 4) is 0 Å². The van der Waals surface area contributed by atoms with Gasteiger partial charge in [0.1, 0.15) is 85.5 Å². The van der Waals surface area contributed by atoms with Gasteiger partial charge in [0, 0.05) is 95.6 Å². The van der Waals surface area contributed by atoms with E-state index in [4.69, 9.17) is 126 Å². The Labute approximate surface area is 512 Å². The van der Waals surface area contributed by atoms with E-state index in [9.17, 15) is 66.5 Å². The molecule has 7 rings (SSSR count). The minimum Gasteiger partial charge on any atom is -0.388 e. The Morgan fingerprint density at radius 2 is 0.764 bits per heavy atom. The third-order valence-corrected chi connectivity index (χ3v) is 14.8. The number of aliphatic hydroxyl groups is 7. The van der Waals surface area contributed by atoms with Crippen LogP contribution < -0.4 is 68.8 Å². The second-order valence-corrected chi connectivity index (χ2v) is 20.9. The molecule has 0 aliphatic carbocycles. The predicted molar refractivity (Wildman–Crippen MR) is 298 cm³/mol. The van der Waals surface area contributed by atoms with Gasteiger partial charge in [-0.3, -0.25) is 0 Å². The Morgan fingerprint density at radius 3 is 1.21 bits per heavy atom. The number of methoxy groups -OCH3 is 7. The van der Waals surface area contributed by atoms with Gasteiger partial charge in [-0.2, -0.15) is 0 Å². The molecule has 0 aromatic heterocycles.